The van der Waals surface area contributed by atoms with Gasteiger partial charge in [0.05, 0.1) is 5.69 Å². The number of aromatic nitrogens is 2. The van der Waals surface area contributed by atoms with Crippen molar-refractivity contribution in [2.75, 3.05) is 0 Å². The Labute approximate surface area is 158 Å². The number of allylic oxidation sites excluding steroid dienone is 3. The molecule has 1 aromatic heterocycles. The van der Waals surface area contributed by atoms with Gasteiger partial charge >= 0.3 is 0 Å². The highest BCUT2D eigenvalue weighted by atomic mass is 35.5. The molecule has 25 heavy (non-hydrogen) atoms. The number of rotatable bonds is 2. The molecule has 0 saturated carbocycles. The number of hydrogen-bond donors (Lipinski definition) is 2. The first-order valence-electron chi connectivity index (χ1n) is 7.26. The summed E-state index contributed by atoms with van der Waals surface area (Å²) < 4.78 is 1.34. The van der Waals surface area contributed by atoms with Crippen molar-refractivity contribution in [3.05, 3.63) is 66.3 Å². The second-order valence-corrected chi connectivity index (χ2v) is 6.80. The van der Waals surface area contributed by atoms with Crippen molar-refractivity contribution in [2.24, 2.45) is 4.99 Å². The van der Waals surface area contributed by atoms with Crippen molar-refractivity contribution in [3.63, 3.8) is 0 Å². The minimum atomic E-state index is -0.495. The van der Waals surface area contributed by atoms with E-state index in [-0.39, 0.29) is 16.2 Å². The van der Waals surface area contributed by atoms with Crippen LogP contribution in [0.2, 0.25) is 10.0 Å². The molecule has 2 heterocycles. The van der Waals surface area contributed by atoms with Gasteiger partial charge in [-0.25, -0.2) is 0 Å². The zero-order chi connectivity index (χ0) is 18.3. The van der Waals surface area contributed by atoms with Crippen LogP contribution in [0, 0.1) is 4.77 Å². The Balaban J connectivity index is 2.27. The molecule has 128 valence electrons. The highest BCUT2D eigenvalue weighted by Crippen LogP contribution is 2.27. The fraction of sp³-hybridized carbons (Fsp3) is 0.118. The van der Waals surface area contributed by atoms with Gasteiger partial charge in [0.2, 0.25) is 5.88 Å². The van der Waals surface area contributed by atoms with Gasteiger partial charge in [0.25, 0.3) is 5.56 Å². The van der Waals surface area contributed by atoms with E-state index in [1.807, 2.05) is 19.9 Å². The van der Waals surface area contributed by atoms with Crippen LogP contribution in [-0.4, -0.2) is 20.4 Å². The standard InChI is InChI=1S/C17H13Cl2N3O2S/c1-8-3-10(9(2)20-8)4-14-15(23)21-17(25)22(16(14)24)13-6-11(18)5-12(19)7-13/h3-7,24H,1-2H3,(H,21,23,25)/b10-4+. The van der Waals surface area contributed by atoms with Gasteiger partial charge in [-0.15, -0.1) is 0 Å². The third-order valence-corrected chi connectivity index (χ3v) is 4.37. The van der Waals surface area contributed by atoms with Gasteiger partial charge in [-0.1, -0.05) is 23.2 Å². The van der Waals surface area contributed by atoms with Crippen LogP contribution in [0.1, 0.15) is 19.4 Å². The van der Waals surface area contributed by atoms with E-state index in [0.717, 1.165) is 17.0 Å². The van der Waals surface area contributed by atoms with Crippen molar-refractivity contribution in [3.8, 4) is 11.6 Å². The van der Waals surface area contributed by atoms with Crippen LogP contribution in [0.4, 0.5) is 0 Å². The zero-order valence-electron chi connectivity index (χ0n) is 13.3. The third-order valence-electron chi connectivity index (χ3n) is 3.65. The monoisotopic (exact) mass is 393 g/mol. The lowest BCUT2D eigenvalue weighted by atomic mass is 10.1. The van der Waals surface area contributed by atoms with Crippen LogP contribution in [-0.2, 0) is 0 Å². The summed E-state index contributed by atoms with van der Waals surface area (Å²) in [5.74, 6) is -0.301. The predicted molar refractivity (Wildman–Crippen MR) is 104 cm³/mol. The fourth-order valence-electron chi connectivity index (χ4n) is 2.57. The Bertz CT molecular complexity index is 1070. The molecule has 2 aromatic rings. The molecule has 0 bridgehead atoms. The summed E-state index contributed by atoms with van der Waals surface area (Å²) in [6, 6.07) is 4.74. The van der Waals surface area contributed by atoms with Gasteiger partial charge in [-0.2, -0.15) is 0 Å². The average molecular weight is 394 g/mol. The number of H-pyrrole nitrogens is 1. The van der Waals surface area contributed by atoms with Crippen LogP contribution in [0.3, 0.4) is 0 Å². The summed E-state index contributed by atoms with van der Waals surface area (Å²) in [6.07, 6.45) is 3.40. The number of aromatic amines is 1. The van der Waals surface area contributed by atoms with Crippen molar-refractivity contribution < 1.29 is 5.11 Å². The quantitative estimate of drug-likeness (QED) is 0.728. The van der Waals surface area contributed by atoms with Crippen LogP contribution >= 0.6 is 35.4 Å². The number of nitrogens with zero attached hydrogens (tertiary/aromatic N) is 2. The SMILES string of the molecule is CC1=C/C(=C\c2c(O)n(-c3cc(Cl)cc(Cl)c3)c(=S)[nH]c2=O)C(C)=N1. The predicted octanol–water partition coefficient (Wildman–Crippen LogP) is 4.67. The smallest absolute Gasteiger partial charge is 0.262 e. The number of aliphatic imine (C=N–C) groups is 1. The van der Waals surface area contributed by atoms with E-state index in [1.165, 1.54) is 4.57 Å². The Morgan fingerprint density at radius 3 is 2.44 bits per heavy atom. The van der Waals surface area contributed by atoms with E-state index in [1.54, 1.807) is 24.3 Å². The summed E-state index contributed by atoms with van der Waals surface area (Å²) in [4.78, 5) is 19.2. The van der Waals surface area contributed by atoms with Gasteiger partial charge in [0, 0.05) is 21.5 Å². The molecule has 0 unspecified atom stereocenters. The van der Waals surface area contributed by atoms with Crippen molar-refractivity contribution in [2.45, 2.75) is 13.8 Å². The van der Waals surface area contributed by atoms with Gasteiger partial charge in [0.15, 0.2) is 4.77 Å². The highest BCUT2D eigenvalue weighted by molar-refractivity contribution is 7.71. The van der Waals surface area contributed by atoms with Crippen LogP contribution in [0.15, 0.2) is 45.3 Å². The van der Waals surface area contributed by atoms with E-state index < -0.39 is 5.56 Å². The first-order chi connectivity index (χ1) is 11.8. The Morgan fingerprint density at radius 1 is 1.24 bits per heavy atom. The van der Waals surface area contributed by atoms with E-state index in [9.17, 15) is 9.90 Å². The lowest BCUT2D eigenvalue weighted by molar-refractivity contribution is 0.432. The van der Waals surface area contributed by atoms with Gasteiger partial charge < -0.3 is 5.11 Å². The molecule has 0 spiro atoms. The molecule has 5 nitrogen and oxygen atoms in total. The molecule has 8 heteroatoms. The minimum Gasteiger partial charge on any atom is -0.494 e. The molecule has 2 N–H and O–H groups in total. The highest BCUT2D eigenvalue weighted by Gasteiger charge is 2.16. The Hall–Kier alpha value is -2.15. The molecular weight excluding hydrogens is 381 g/mol. The summed E-state index contributed by atoms with van der Waals surface area (Å²) in [5.41, 5.74) is 2.35. The molecule has 0 saturated heterocycles. The molecule has 1 aliphatic rings. The van der Waals surface area contributed by atoms with Crippen molar-refractivity contribution in [1.82, 2.24) is 9.55 Å². The van der Waals surface area contributed by atoms with Gasteiger partial charge in [-0.05, 0) is 62.0 Å². The van der Waals surface area contributed by atoms with Crippen molar-refractivity contribution in [1.29, 1.82) is 0 Å². The molecule has 1 aromatic carbocycles. The second kappa shape index (κ2) is 6.63. The molecule has 0 aliphatic carbocycles. The zero-order valence-corrected chi connectivity index (χ0v) is 15.6. The Morgan fingerprint density at radius 2 is 1.88 bits per heavy atom. The lowest BCUT2D eigenvalue weighted by Crippen LogP contribution is -2.16. The third kappa shape index (κ3) is 3.46. The van der Waals surface area contributed by atoms with Gasteiger partial charge in [-0.3, -0.25) is 19.3 Å². The number of nitrogens with one attached hydrogen (secondary N) is 1. The normalized spacial score (nSPS) is 15.4. The van der Waals surface area contributed by atoms with Crippen LogP contribution < -0.4 is 5.56 Å². The lowest BCUT2D eigenvalue weighted by Gasteiger charge is -2.12. The average Bonchev–Trinajstić information content (AvgIpc) is 2.80. The maximum atomic E-state index is 12.3. The summed E-state index contributed by atoms with van der Waals surface area (Å²) in [6.45, 7) is 3.69. The van der Waals surface area contributed by atoms with Crippen LogP contribution in [0.25, 0.3) is 11.8 Å². The molecule has 0 atom stereocenters. The maximum absolute atomic E-state index is 12.3. The first-order valence-corrected chi connectivity index (χ1v) is 8.43. The van der Waals surface area contributed by atoms with E-state index in [4.69, 9.17) is 35.4 Å². The number of halogens is 2. The molecule has 0 amide bonds. The van der Waals surface area contributed by atoms with Gasteiger partial charge in [0.1, 0.15) is 5.56 Å². The van der Waals surface area contributed by atoms with Crippen molar-refractivity contribution >= 4 is 47.2 Å². The second-order valence-electron chi connectivity index (χ2n) is 5.54. The van der Waals surface area contributed by atoms with E-state index >= 15 is 0 Å². The molecule has 0 radical (unpaired) electrons. The van der Waals surface area contributed by atoms with E-state index in [2.05, 4.69) is 9.98 Å². The molecule has 1 aliphatic heterocycles. The first kappa shape index (κ1) is 17.7. The molecular formula is C17H13Cl2N3O2S. The Kier molecular flexibility index (Phi) is 4.69. The largest absolute Gasteiger partial charge is 0.494 e. The summed E-state index contributed by atoms with van der Waals surface area (Å²) in [7, 11) is 0. The number of benzene rings is 1. The molecule has 0 fully saturated rings. The summed E-state index contributed by atoms with van der Waals surface area (Å²) in [5, 5.41) is 11.4. The maximum Gasteiger partial charge on any atom is 0.262 e. The molecule has 3 rings (SSSR count). The summed E-state index contributed by atoms with van der Waals surface area (Å²) >= 11 is 17.2. The number of hydrogen-bond acceptors (Lipinski definition) is 4. The topological polar surface area (TPSA) is 70.4 Å². The van der Waals surface area contributed by atoms with E-state index in [0.29, 0.717) is 15.7 Å². The minimum absolute atomic E-state index is 0.0338. The van der Waals surface area contributed by atoms with Crippen LogP contribution in [0.5, 0.6) is 5.88 Å². The fourth-order valence-corrected chi connectivity index (χ4v) is 3.37. The number of aromatic hydroxyl groups is 1.